The molecule has 2 aliphatic rings. The normalized spacial score (nSPS) is 18.2. The second kappa shape index (κ2) is 8.33. The predicted molar refractivity (Wildman–Crippen MR) is 142 cm³/mol. The van der Waals surface area contributed by atoms with Crippen molar-refractivity contribution in [3.05, 3.63) is 81.4 Å². The van der Waals surface area contributed by atoms with E-state index in [0.717, 1.165) is 5.56 Å². The van der Waals surface area contributed by atoms with E-state index in [1.54, 1.807) is 37.3 Å². The van der Waals surface area contributed by atoms with Gasteiger partial charge in [0.25, 0.3) is 0 Å². The largest absolute Gasteiger partial charge is 0.507 e. The van der Waals surface area contributed by atoms with Gasteiger partial charge in [-0.1, -0.05) is 12.1 Å². The molecule has 0 spiro atoms. The quantitative estimate of drug-likeness (QED) is 0.278. The molecule has 1 aliphatic carbocycles. The lowest BCUT2D eigenvalue weighted by Gasteiger charge is -2.32. The number of rotatable bonds is 2. The van der Waals surface area contributed by atoms with Crippen LogP contribution in [0.25, 0.3) is 21.9 Å². The number of benzene rings is 4. The van der Waals surface area contributed by atoms with Gasteiger partial charge in [0.2, 0.25) is 5.78 Å². The van der Waals surface area contributed by atoms with Crippen molar-refractivity contribution in [3.8, 4) is 34.1 Å². The monoisotopic (exact) mass is 510 g/mol. The van der Waals surface area contributed by atoms with Gasteiger partial charge in [0, 0.05) is 22.3 Å². The highest BCUT2D eigenvalue weighted by atomic mass is 16.5. The highest BCUT2D eigenvalue weighted by Gasteiger charge is 2.37. The van der Waals surface area contributed by atoms with Gasteiger partial charge in [0.05, 0.1) is 35.8 Å². The molecule has 0 saturated heterocycles. The number of aromatic hydroxyl groups is 3. The van der Waals surface area contributed by atoms with Crippen LogP contribution in [0.15, 0.2) is 42.5 Å². The average Bonchev–Trinajstić information content (AvgIpc) is 2.86. The van der Waals surface area contributed by atoms with Crippen LogP contribution in [0.3, 0.4) is 0 Å². The van der Waals surface area contributed by atoms with E-state index in [1.165, 1.54) is 13.2 Å². The summed E-state index contributed by atoms with van der Waals surface area (Å²) in [5, 5.41) is 34.7. The Morgan fingerprint density at radius 1 is 0.868 bits per heavy atom. The molecular formula is C31H26O7. The Morgan fingerprint density at radius 2 is 1.61 bits per heavy atom. The Kier molecular flexibility index (Phi) is 5.26. The molecule has 6 rings (SSSR count). The Morgan fingerprint density at radius 3 is 2.34 bits per heavy atom. The minimum absolute atomic E-state index is 0.0496. The fourth-order valence-corrected chi connectivity index (χ4v) is 6.11. The number of aryl methyl sites for hydroxylation is 1. The number of ketones is 2. The molecular weight excluding hydrogens is 484 g/mol. The third kappa shape index (κ3) is 3.18. The molecule has 4 aromatic carbocycles. The van der Waals surface area contributed by atoms with Crippen molar-refractivity contribution in [1.29, 1.82) is 0 Å². The molecule has 0 amide bonds. The van der Waals surface area contributed by atoms with Gasteiger partial charge in [-0.25, -0.2) is 0 Å². The zero-order valence-electron chi connectivity index (χ0n) is 21.4. The second-order valence-electron chi connectivity index (χ2n) is 10.0. The molecule has 0 radical (unpaired) electrons. The molecule has 7 nitrogen and oxygen atoms in total. The zero-order chi connectivity index (χ0) is 27.0. The Balaban J connectivity index is 1.70. The lowest BCUT2D eigenvalue weighted by Crippen LogP contribution is -2.24. The van der Waals surface area contributed by atoms with Crippen LogP contribution in [-0.2, 0) is 11.2 Å². The topological polar surface area (TPSA) is 113 Å². The van der Waals surface area contributed by atoms with Gasteiger partial charge in [0.1, 0.15) is 23.0 Å². The Labute approximate surface area is 218 Å². The number of carbonyl (C=O) groups excluding carboxylic acids is 2. The average molecular weight is 511 g/mol. The summed E-state index contributed by atoms with van der Waals surface area (Å²) in [5.74, 6) is -1.21. The maximum absolute atomic E-state index is 13.6. The number of hydrogen-bond acceptors (Lipinski definition) is 7. The molecule has 2 unspecified atom stereocenters. The maximum atomic E-state index is 13.6. The van der Waals surface area contributed by atoms with Gasteiger partial charge in [0.15, 0.2) is 5.78 Å². The third-order valence-electron chi connectivity index (χ3n) is 7.62. The number of hydrogen-bond donors (Lipinski definition) is 3. The minimum atomic E-state index is -0.619. The van der Waals surface area contributed by atoms with E-state index in [2.05, 4.69) is 0 Å². The number of phenolic OH excluding ortho intramolecular Hbond substituents is 3. The van der Waals surface area contributed by atoms with Crippen molar-refractivity contribution in [3.63, 3.8) is 0 Å². The van der Waals surface area contributed by atoms with Crippen molar-refractivity contribution in [2.45, 2.75) is 39.4 Å². The molecule has 2 atom stereocenters. The summed E-state index contributed by atoms with van der Waals surface area (Å²) in [6.45, 7) is 5.52. The standard InChI is InChI=1S/C31H26O7/c1-13-10-20-25(21(32)11-13)31(36)27-18(28(20)33)9-8-17(29(27)34)24-16-6-5-7-22(37-4)26(16)30(35)23-15(3)38-14(2)12-19(23)24/h5-11,14-15,32,34-35H,12H2,1-4H3. The highest BCUT2D eigenvalue weighted by Crippen LogP contribution is 2.52. The zero-order valence-corrected chi connectivity index (χ0v) is 21.4. The number of fused-ring (bicyclic) bond motifs is 4. The first-order chi connectivity index (χ1) is 18.1. The summed E-state index contributed by atoms with van der Waals surface area (Å²) < 4.78 is 11.6. The molecule has 7 heteroatoms. The van der Waals surface area contributed by atoms with Crippen LogP contribution in [-0.4, -0.2) is 40.1 Å². The van der Waals surface area contributed by atoms with Gasteiger partial charge in [-0.05, 0) is 79.6 Å². The van der Waals surface area contributed by atoms with Gasteiger partial charge in [-0.3, -0.25) is 9.59 Å². The lowest BCUT2D eigenvalue weighted by atomic mass is 9.78. The van der Waals surface area contributed by atoms with E-state index in [9.17, 15) is 24.9 Å². The summed E-state index contributed by atoms with van der Waals surface area (Å²) in [7, 11) is 1.52. The van der Waals surface area contributed by atoms with Gasteiger partial charge in [-0.2, -0.15) is 0 Å². The van der Waals surface area contributed by atoms with Gasteiger partial charge < -0.3 is 24.8 Å². The van der Waals surface area contributed by atoms with E-state index in [0.29, 0.717) is 45.2 Å². The lowest BCUT2D eigenvalue weighted by molar-refractivity contribution is -0.00568. The summed E-state index contributed by atoms with van der Waals surface area (Å²) in [6, 6.07) is 11.5. The Hall–Kier alpha value is -4.36. The van der Waals surface area contributed by atoms with E-state index in [-0.39, 0.29) is 45.6 Å². The summed E-state index contributed by atoms with van der Waals surface area (Å²) in [5.41, 5.74) is 2.93. The van der Waals surface area contributed by atoms with Crippen molar-refractivity contribution in [1.82, 2.24) is 0 Å². The maximum Gasteiger partial charge on any atom is 0.201 e. The second-order valence-corrected chi connectivity index (χ2v) is 10.0. The van der Waals surface area contributed by atoms with E-state index in [1.807, 2.05) is 19.9 Å². The third-order valence-corrected chi connectivity index (χ3v) is 7.62. The van der Waals surface area contributed by atoms with Crippen LogP contribution >= 0.6 is 0 Å². The van der Waals surface area contributed by atoms with Crippen molar-refractivity contribution in [2.75, 3.05) is 7.11 Å². The highest BCUT2D eigenvalue weighted by molar-refractivity contribution is 6.31. The molecule has 3 N–H and O–H groups in total. The van der Waals surface area contributed by atoms with Crippen molar-refractivity contribution >= 4 is 22.3 Å². The predicted octanol–water partition coefficient (Wildman–Crippen LogP) is 5.74. The van der Waals surface area contributed by atoms with Crippen LogP contribution < -0.4 is 4.74 Å². The summed E-state index contributed by atoms with van der Waals surface area (Å²) >= 11 is 0. The number of phenols is 3. The first-order valence-electron chi connectivity index (χ1n) is 12.4. The molecule has 38 heavy (non-hydrogen) atoms. The van der Waals surface area contributed by atoms with Crippen LogP contribution in [0.2, 0.25) is 0 Å². The smallest absolute Gasteiger partial charge is 0.201 e. The molecule has 0 bridgehead atoms. The van der Waals surface area contributed by atoms with Crippen LogP contribution in [0.4, 0.5) is 0 Å². The molecule has 4 aromatic rings. The fourth-order valence-electron chi connectivity index (χ4n) is 6.11. The van der Waals surface area contributed by atoms with Crippen LogP contribution in [0.1, 0.15) is 68.5 Å². The molecule has 0 aromatic heterocycles. The fraction of sp³-hybridized carbons (Fsp3) is 0.226. The molecule has 1 aliphatic heterocycles. The molecule has 192 valence electrons. The first kappa shape index (κ1) is 24.0. The molecule has 0 fully saturated rings. The summed E-state index contributed by atoms with van der Waals surface area (Å²) in [6.07, 6.45) is -0.132. The van der Waals surface area contributed by atoms with E-state index >= 15 is 0 Å². The van der Waals surface area contributed by atoms with Gasteiger partial charge >= 0.3 is 0 Å². The van der Waals surface area contributed by atoms with Crippen molar-refractivity contribution in [2.24, 2.45) is 0 Å². The number of methoxy groups -OCH3 is 1. The number of ether oxygens (including phenoxy) is 2. The van der Waals surface area contributed by atoms with Crippen LogP contribution in [0, 0.1) is 6.92 Å². The SMILES string of the molecule is COc1cccc2c(-c3ccc4c(c3O)C(=O)c3c(O)cc(C)cc3C4=O)c3c(c(O)c12)C(C)OC(C)C3. The van der Waals surface area contributed by atoms with Crippen molar-refractivity contribution < 1.29 is 34.4 Å². The minimum Gasteiger partial charge on any atom is -0.507 e. The first-order valence-corrected chi connectivity index (χ1v) is 12.4. The van der Waals surface area contributed by atoms with E-state index < -0.39 is 17.7 Å². The summed E-state index contributed by atoms with van der Waals surface area (Å²) in [4.78, 5) is 27.0. The molecule has 1 heterocycles. The Bertz CT molecular complexity index is 1720. The van der Waals surface area contributed by atoms with Crippen LogP contribution in [0.5, 0.6) is 23.0 Å². The number of carbonyl (C=O) groups is 2. The molecule has 0 saturated carbocycles. The van der Waals surface area contributed by atoms with E-state index in [4.69, 9.17) is 9.47 Å². The van der Waals surface area contributed by atoms with Gasteiger partial charge in [-0.15, -0.1) is 0 Å².